The van der Waals surface area contributed by atoms with E-state index in [1.807, 2.05) is 0 Å². The minimum atomic E-state index is -2.50. The van der Waals surface area contributed by atoms with Gasteiger partial charge < -0.3 is 9.47 Å². The third-order valence-corrected chi connectivity index (χ3v) is 2.64. The van der Waals surface area contributed by atoms with Gasteiger partial charge in [-0.25, -0.2) is 13.6 Å². The summed E-state index contributed by atoms with van der Waals surface area (Å²) < 4.78 is 34.9. The van der Waals surface area contributed by atoms with Gasteiger partial charge in [0.15, 0.2) is 0 Å². The molecule has 0 fully saturated rings. The lowest BCUT2D eigenvalue weighted by Gasteiger charge is -2.07. The molecule has 3 nitrogen and oxygen atoms in total. The molecule has 0 unspecified atom stereocenters. The average molecular weight is 278 g/mol. The van der Waals surface area contributed by atoms with Crippen LogP contribution in [0.3, 0.4) is 0 Å². The average Bonchev–Trinajstić information content (AvgIpc) is 2.48. The van der Waals surface area contributed by atoms with E-state index in [0.29, 0.717) is 17.1 Å². The summed E-state index contributed by atoms with van der Waals surface area (Å²) in [5.41, 5.74) is 0.353. The fourth-order valence-corrected chi connectivity index (χ4v) is 1.59. The Morgan fingerprint density at radius 2 is 1.45 bits per heavy atom. The molecule has 0 amide bonds. The van der Waals surface area contributed by atoms with Crippen LogP contribution >= 0.6 is 0 Å². The van der Waals surface area contributed by atoms with Crippen LogP contribution < -0.4 is 4.74 Å². The molecular formula is C15H12F2O3. The largest absolute Gasteiger partial charge is 0.465 e. The van der Waals surface area contributed by atoms with Gasteiger partial charge >= 0.3 is 5.97 Å². The number of carbonyl (C=O) groups excluding carboxylic acids is 1. The zero-order valence-electron chi connectivity index (χ0n) is 10.7. The van der Waals surface area contributed by atoms with Crippen molar-refractivity contribution < 1.29 is 23.0 Å². The quantitative estimate of drug-likeness (QED) is 0.786. The number of ether oxygens (including phenoxy) is 2. The van der Waals surface area contributed by atoms with Crippen molar-refractivity contribution in [1.29, 1.82) is 0 Å². The maximum Gasteiger partial charge on any atom is 0.337 e. The third-order valence-electron chi connectivity index (χ3n) is 2.64. The second kappa shape index (κ2) is 6.14. The maximum absolute atomic E-state index is 12.4. The first-order valence-corrected chi connectivity index (χ1v) is 5.84. The molecule has 5 heteroatoms. The number of methoxy groups -OCH3 is 1. The van der Waals surface area contributed by atoms with Crippen LogP contribution in [0.15, 0.2) is 48.5 Å². The summed E-state index contributed by atoms with van der Waals surface area (Å²) in [5.74, 6) is 0.514. The molecule has 0 bridgehead atoms. The predicted octanol–water partition coefficient (Wildman–Crippen LogP) is 4.20. The van der Waals surface area contributed by atoms with Gasteiger partial charge in [0.25, 0.3) is 6.43 Å². The van der Waals surface area contributed by atoms with Crippen molar-refractivity contribution in [1.82, 2.24) is 0 Å². The highest BCUT2D eigenvalue weighted by Crippen LogP contribution is 2.25. The van der Waals surface area contributed by atoms with E-state index in [-0.39, 0.29) is 5.56 Å². The molecule has 0 aromatic heterocycles. The maximum atomic E-state index is 12.4. The molecule has 104 valence electrons. The highest BCUT2D eigenvalue weighted by molar-refractivity contribution is 5.89. The first-order valence-electron chi connectivity index (χ1n) is 5.84. The Labute approximate surface area is 114 Å². The molecule has 2 aromatic rings. The summed E-state index contributed by atoms with van der Waals surface area (Å²) in [6.45, 7) is 0. The fraction of sp³-hybridized carbons (Fsp3) is 0.133. The minimum Gasteiger partial charge on any atom is -0.465 e. The summed E-state index contributed by atoms with van der Waals surface area (Å²) in [6.07, 6.45) is -2.50. The van der Waals surface area contributed by atoms with Gasteiger partial charge in [0.2, 0.25) is 0 Å². The molecule has 0 aliphatic heterocycles. The standard InChI is InChI=1S/C15H12F2O3/c1-19-15(18)11-4-8-13(9-5-11)20-12-6-2-10(3-7-12)14(16)17/h2-9,14H,1H3. The molecule has 0 atom stereocenters. The second-order valence-electron chi connectivity index (χ2n) is 3.99. The van der Waals surface area contributed by atoms with E-state index < -0.39 is 12.4 Å². The minimum absolute atomic E-state index is 0.0570. The second-order valence-corrected chi connectivity index (χ2v) is 3.99. The highest BCUT2D eigenvalue weighted by Gasteiger charge is 2.07. The van der Waals surface area contributed by atoms with Crippen LogP contribution in [0.2, 0.25) is 0 Å². The monoisotopic (exact) mass is 278 g/mol. The number of alkyl halides is 2. The summed E-state index contributed by atoms with van der Waals surface area (Å²) >= 11 is 0. The zero-order chi connectivity index (χ0) is 14.5. The van der Waals surface area contributed by atoms with Crippen LogP contribution in [-0.2, 0) is 4.74 Å². The lowest BCUT2D eigenvalue weighted by atomic mass is 10.2. The topological polar surface area (TPSA) is 35.5 Å². The first-order chi connectivity index (χ1) is 9.60. The zero-order valence-corrected chi connectivity index (χ0v) is 10.7. The van der Waals surface area contributed by atoms with E-state index in [9.17, 15) is 13.6 Å². The molecule has 0 aliphatic carbocycles. The van der Waals surface area contributed by atoms with Crippen molar-refractivity contribution in [3.8, 4) is 11.5 Å². The molecular weight excluding hydrogens is 266 g/mol. The van der Waals surface area contributed by atoms with Crippen molar-refractivity contribution in [3.63, 3.8) is 0 Å². The number of benzene rings is 2. The molecule has 0 saturated carbocycles. The molecule has 0 heterocycles. The Balaban J connectivity index is 2.08. The van der Waals surface area contributed by atoms with Crippen molar-refractivity contribution in [2.75, 3.05) is 7.11 Å². The van der Waals surface area contributed by atoms with Gasteiger partial charge in [-0.2, -0.15) is 0 Å². The van der Waals surface area contributed by atoms with Crippen LogP contribution in [0, 0.1) is 0 Å². The number of halogens is 2. The number of carbonyl (C=O) groups is 1. The van der Waals surface area contributed by atoms with Gasteiger partial charge in [-0.15, -0.1) is 0 Å². The number of rotatable bonds is 4. The lowest BCUT2D eigenvalue weighted by molar-refractivity contribution is 0.0600. The van der Waals surface area contributed by atoms with E-state index in [4.69, 9.17) is 4.74 Å². The van der Waals surface area contributed by atoms with Gasteiger partial charge in [-0.1, -0.05) is 0 Å². The van der Waals surface area contributed by atoms with Crippen molar-refractivity contribution in [2.24, 2.45) is 0 Å². The van der Waals surface area contributed by atoms with Gasteiger partial charge in [-0.05, 0) is 48.5 Å². The van der Waals surface area contributed by atoms with E-state index in [2.05, 4.69) is 4.74 Å². The van der Waals surface area contributed by atoms with Crippen LogP contribution in [0.1, 0.15) is 22.3 Å². The van der Waals surface area contributed by atoms with Crippen molar-refractivity contribution >= 4 is 5.97 Å². The van der Waals surface area contributed by atoms with Gasteiger partial charge in [-0.3, -0.25) is 0 Å². The lowest BCUT2D eigenvalue weighted by Crippen LogP contribution is -2.00. The third kappa shape index (κ3) is 3.32. The number of hydrogen-bond acceptors (Lipinski definition) is 3. The Bertz CT molecular complexity index is 577. The van der Waals surface area contributed by atoms with Crippen LogP contribution in [0.4, 0.5) is 8.78 Å². The molecule has 2 aromatic carbocycles. The summed E-state index contributed by atoms with van der Waals surface area (Å²) in [5, 5.41) is 0. The van der Waals surface area contributed by atoms with E-state index in [1.165, 1.54) is 31.4 Å². The SMILES string of the molecule is COC(=O)c1ccc(Oc2ccc(C(F)F)cc2)cc1. The highest BCUT2D eigenvalue weighted by atomic mass is 19.3. The summed E-state index contributed by atoms with van der Waals surface area (Å²) in [7, 11) is 1.30. The van der Waals surface area contributed by atoms with Gasteiger partial charge in [0, 0.05) is 5.56 Å². The van der Waals surface area contributed by atoms with Crippen molar-refractivity contribution in [3.05, 3.63) is 59.7 Å². The van der Waals surface area contributed by atoms with Crippen molar-refractivity contribution in [2.45, 2.75) is 6.43 Å². The Morgan fingerprint density at radius 1 is 0.950 bits per heavy atom. The fourth-order valence-electron chi connectivity index (χ4n) is 1.59. The Hall–Kier alpha value is -2.43. The van der Waals surface area contributed by atoms with E-state index >= 15 is 0 Å². The first kappa shape index (κ1) is 14.0. The molecule has 0 aliphatic rings. The molecule has 20 heavy (non-hydrogen) atoms. The molecule has 0 N–H and O–H groups in total. The van der Waals surface area contributed by atoms with Gasteiger partial charge in [0.1, 0.15) is 11.5 Å². The molecule has 2 rings (SSSR count). The Morgan fingerprint density at radius 3 is 1.90 bits per heavy atom. The van der Waals surface area contributed by atoms with E-state index in [0.717, 1.165) is 0 Å². The number of esters is 1. The summed E-state index contributed by atoms with van der Waals surface area (Å²) in [6, 6.07) is 11.9. The Kier molecular flexibility index (Phi) is 4.30. The van der Waals surface area contributed by atoms with E-state index in [1.54, 1.807) is 24.3 Å². The van der Waals surface area contributed by atoms with Gasteiger partial charge in [0.05, 0.1) is 12.7 Å². The van der Waals surface area contributed by atoms with Crippen LogP contribution in [-0.4, -0.2) is 13.1 Å². The number of hydrogen-bond donors (Lipinski definition) is 0. The molecule has 0 radical (unpaired) electrons. The smallest absolute Gasteiger partial charge is 0.337 e. The normalized spacial score (nSPS) is 10.4. The van der Waals surface area contributed by atoms with Crippen LogP contribution in [0.25, 0.3) is 0 Å². The summed E-state index contributed by atoms with van der Waals surface area (Å²) in [4.78, 5) is 11.3. The molecule has 0 saturated heterocycles. The molecule has 0 spiro atoms. The predicted molar refractivity (Wildman–Crippen MR) is 69.3 cm³/mol. The van der Waals surface area contributed by atoms with Crippen LogP contribution in [0.5, 0.6) is 11.5 Å².